The van der Waals surface area contributed by atoms with Crippen molar-refractivity contribution in [3.8, 4) is 0 Å². The summed E-state index contributed by atoms with van der Waals surface area (Å²) in [4.78, 5) is 23.8. The van der Waals surface area contributed by atoms with Crippen molar-refractivity contribution in [2.45, 2.75) is 13.0 Å². The number of hydrogen-bond acceptors (Lipinski definition) is 3. The largest absolute Gasteiger partial charge is 0.459 e. The molecule has 0 aliphatic carbocycles. The van der Waals surface area contributed by atoms with E-state index in [9.17, 15) is 14.0 Å². The summed E-state index contributed by atoms with van der Waals surface area (Å²) in [7, 11) is 0. The Balaban J connectivity index is 1.48. The number of rotatable bonds is 6. The van der Waals surface area contributed by atoms with Crippen molar-refractivity contribution in [2.75, 3.05) is 5.32 Å². The Bertz CT molecular complexity index is 872. The van der Waals surface area contributed by atoms with Gasteiger partial charge in [0.1, 0.15) is 5.82 Å². The van der Waals surface area contributed by atoms with Gasteiger partial charge in [0, 0.05) is 12.2 Å². The maximum atomic E-state index is 12.9. The molecule has 0 aliphatic heterocycles. The first-order chi connectivity index (χ1) is 12.6. The molecule has 3 rings (SSSR count). The molecule has 0 saturated heterocycles. The topological polar surface area (TPSA) is 71.3 Å². The van der Waals surface area contributed by atoms with E-state index in [1.165, 1.54) is 18.4 Å². The lowest BCUT2D eigenvalue weighted by atomic mass is 10.1. The van der Waals surface area contributed by atoms with Gasteiger partial charge in [0.05, 0.1) is 12.7 Å². The average molecular weight is 352 g/mol. The third kappa shape index (κ3) is 4.80. The highest BCUT2D eigenvalue weighted by Crippen LogP contribution is 2.12. The van der Waals surface area contributed by atoms with Crippen molar-refractivity contribution in [1.82, 2.24) is 5.32 Å². The van der Waals surface area contributed by atoms with E-state index in [1.807, 2.05) is 12.1 Å². The second kappa shape index (κ2) is 8.11. The minimum absolute atomic E-state index is 0.146. The van der Waals surface area contributed by atoms with Crippen LogP contribution in [0, 0.1) is 5.82 Å². The lowest BCUT2D eigenvalue weighted by Gasteiger charge is -2.07. The predicted octanol–water partition coefficient (Wildman–Crippen LogP) is 3.53. The smallest absolute Gasteiger partial charge is 0.291 e. The zero-order chi connectivity index (χ0) is 18.4. The molecule has 2 amide bonds. The molecular formula is C20H17FN2O3. The van der Waals surface area contributed by atoms with Gasteiger partial charge < -0.3 is 15.1 Å². The van der Waals surface area contributed by atoms with Crippen LogP contribution < -0.4 is 10.6 Å². The molecule has 1 aromatic heterocycles. The highest BCUT2D eigenvalue weighted by Gasteiger charge is 2.08. The number of halogens is 1. The molecule has 2 aromatic carbocycles. The van der Waals surface area contributed by atoms with E-state index in [1.54, 1.807) is 36.4 Å². The van der Waals surface area contributed by atoms with Crippen LogP contribution in [0.2, 0.25) is 0 Å². The fourth-order valence-corrected chi connectivity index (χ4v) is 2.36. The number of benzene rings is 2. The highest BCUT2D eigenvalue weighted by molar-refractivity contribution is 6.02. The van der Waals surface area contributed by atoms with E-state index in [2.05, 4.69) is 10.6 Å². The van der Waals surface area contributed by atoms with Crippen molar-refractivity contribution < 1.29 is 18.4 Å². The van der Waals surface area contributed by atoms with Gasteiger partial charge in [-0.3, -0.25) is 9.59 Å². The number of nitrogens with one attached hydrogen (secondary N) is 2. The summed E-state index contributed by atoms with van der Waals surface area (Å²) in [6, 6.07) is 16.2. The van der Waals surface area contributed by atoms with Crippen molar-refractivity contribution >= 4 is 17.5 Å². The van der Waals surface area contributed by atoms with Crippen LogP contribution in [0.1, 0.15) is 21.7 Å². The molecule has 0 bridgehead atoms. The Hall–Kier alpha value is -3.41. The Morgan fingerprint density at radius 1 is 0.923 bits per heavy atom. The Morgan fingerprint density at radius 2 is 1.62 bits per heavy atom. The summed E-state index contributed by atoms with van der Waals surface area (Å²) in [6.07, 6.45) is 1.63. The molecule has 0 spiro atoms. The van der Waals surface area contributed by atoms with Crippen LogP contribution in [0.5, 0.6) is 0 Å². The minimum Gasteiger partial charge on any atom is -0.459 e. The maximum absolute atomic E-state index is 12.9. The summed E-state index contributed by atoms with van der Waals surface area (Å²) in [6.45, 7) is 0.367. The van der Waals surface area contributed by atoms with Crippen LogP contribution in [0.4, 0.5) is 10.1 Å². The summed E-state index contributed by atoms with van der Waals surface area (Å²) in [5.41, 5.74) is 2.28. The number of amides is 2. The quantitative estimate of drug-likeness (QED) is 0.713. The molecule has 26 heavy (non-hydrogen) atoms. The van der Waals surface area contributed by atoms with Gasteiger partial charge >= 0.3 is 0 Å². The number of furan rings is 1. The van der Waals surface area contributed by atoms with Gasteiger partial charge in [-0.25, -0.2) is 4.39 Å². The number of anilines is 1. The molecule has 0 aliphatic rings. The summed E-state index contributed by atoms with van der Waals surface area (Å²) in [5.74, 6) is -0.558. The fraction of sp³-hybridized carbons (Fsp3) is 0.100. The maximum Gasteiger partial charge on any atom is 0.291 e. The Kier molecular flexibility index (Phi) is 5.43. The van der Waals surface area contributed by atoms with Gasteiger partial charge in [0.25, 0.3) is 5.91 Å². The average Bonchev–Trinajstić information content (AvgIpc) is 3.18. The SMILES string of the molecule is O=C(Cc1ccc(F)cc1)NCc1ccc(NC(=O)c2ccco2)cc1. The highest BCUT2D eigenvalue weighted by atomic mass is 19.1. The van der Waals surface area contributed by atoms with E-state index in [0.29, 0.717) is 12.2 Å². The molecule has 6 heteroatoms. The molecule has 5 nitrogen and oxygen atoms in total. The predicted molar refractivity (Wildman–Crippen MR) is 95.1 cm³/mol. The van der Waals surface area contributed by atoms with Crippen molar-refractivity contribution in [1.29, 1.82) is 0 Å². The summed E-state index contributed by atoms with van der Waals surface area (Å²) >= 11 is 0. The van der Waals surface area contributed by atoms with Crippen LogP contribution in [0.15, 0.2) is 71.3 Å². The molecule has 3 aromatic rings. The van der Waals surface area contributed by atoms with Crippen LogP contribution in [0.3, 0.4) is 0 Å². The van der Waals surface area contributed by atoms with E-state index in [4.69, 9.17) is 4.42 Å². The third-order valence-corrected chi connectivity index (χ3v) is 3.72. The zero-order valence-electron chi connectivity index (χ0n) is 13.9. The van der Waals surface area contributed by atoms with Crippen molar-refractivity contribution in [3.63, 3.8) is 0 Å². The van der Waals surface area contributed by atoms with Crippen LogP contribution in [-0.2, 0) is 17.8 Å². The minimum atomic E-state index is -0.326. The van der Waals surface area contributed by atoms with Gasteiger partial charge in [-0.05, 0) is 47.5 Å². The molecule has 0 fully saturated rings. The molecule has 0 saturated carbocycles. The molecule has 0 radical (unpaired) electrons. The van der Waals surface area contributed by atoms with Gasteiger partial charge in [-0.1, -0.05) is 24.3 Å². The summed E-state index contributed by atoms with van der Waals surface area (Å²) in [5, 5.41) is 5.53. The third-order valence-electron chi connectivity index (χ3n) is 3.72. The summed E-state index contributed by atoms with van der Waals surface area (Å²) < 4.78 is 17.9. The monoisotopic (exact) mass is 352 g/mol. The molecule has 1 heterocycles. The van der Waals surface area contributed by atoms with E-state index < -0.39 is 0 Å². The standard InChI is InChI=1S/C20H17FN2O3/c21-16-7-3-14(4-8-16)12-19(24)22-13-15-5-9-17(10-6-15)23-20(25)18-2-1-11-26-18/h1-11H,12-13H2,(H,22,24)(H,23,25). The van der Waals surface area contributed by atoms with Crippen LogP contribution >= 0.6 is 0 Å². The lowest BCUT2D eigenvalue weighted by molar-refractivity contribution is -0.120. The first-order valence-corrected chi connectivity index (χ1v) is 8.05. The molecular weight excluding hydrogens is 335 g/mol. The van der Waals surface area contributed by atoms with Crippen LogP contribution in [0.25, 0.3) is 0 Å². The van der Waals surface area contributed by atoms with Gasteiger partial charge in [0.15, 0.2) is 5.76 Å². The lowest BCUT2D eigenvalue weighted by Crippen LogP contribution is -2.24. The van der Waals surface area contributed by atoms with E-state index in [-0.39, 0.29) is 29.8 Å². The van der Waals surface area contributed by atoms with Crippen molar-refractivity contribution in [3.05, 3.63) is 89.6 Å². The molecule has 2 N–H and O–H groups in total. The number of carbonyl (C=O) groups excluding carboxylic acids is 2. The number of hydrogen-bond donors (Lipinski definition) is 2. The first kappa shape index (κ1) is 17.4. The Labute approximate surface area is 149 Å². The van der Waals surface area contributed by atoms with Crippen molar-refractivity contribution in [2.24, 2.45) is 0 Å². The van der Waals surface area contributed by atoms with Gasteiger partial charge in [-0.15, -0.1) is 0 Å². The molecule has 0 unspecified atom stereocenters. The molecule has 132 valence electrons. The second-order valence-corrected chi connectivity index (χ2v) is 5.71. The second-order valence-electron chi connectivity index (χ2n) is 5.71. The van der Waals surface area contributed by atoms with Gasteiger partial charge in [0.2, 0.25) is 5.91 Å². The fourth-order valence-electron chi connectivity index (χ4n) is 2.36. The molecule has 0 atom stereocenters. The number of carbonyl (C=O) groups is 2. The first-order valence-electron chi connectivity index (χ1n) is 8.05. The normalized spacial score (nSPS) is 10.3. The van der Waals surface area contributed by atoms with E-state index in [0.717, 1.165) is 11.1 Å². The van der Waals surface area contributed by atoms with Gasteiger partial charge in [-0.2, -0.15) is 0 Å². The van der Waals surface area contributed by atoms with E-state index >= 15 is 0 Å². The Morgan fingerprint density at radius 3 is 2.27 bits per heavy atom. The van der Waals surface area contributed by atoms with Crippen LogP contribution in [-0.4, -0.2) is 11.8 Å². The zero-order valence-corrected chi connectivity index (χ0v) is 13.9.